The van der Waals surface area contributed by atoms with Crippen LogP contribution >= 0.6 is 0 Å². The summed E-state index contributed by atoms with van der Waals surface area (Å²) in [5.74, 6) is 0.519. The summed E-state index contributed by atoms with van der Waals surface area (Å²) in [7, 11) is 0. The number of halogens is 1. The van der Waals surface area contributed by atoms with Crippen molar-refractivity contribution >= 4 is 0 Å². The average molecular weight is 293 g/mol. The van der Waals surface area contributed by atoms with Gasteiger partial charge in [-0.25, -0.2) is 4.39 Å². The van der Waals surface area contributed by atoms with E-state index in [0.717, 1.165) is 32.2 Å². The average Bonchev–Trinajstić information content (AvgIpc) is 2.50. The first-order chi connectivity index (χ1) is 10.1. The molecule has 0 radical (unpaired) electrons. The van der Waals surface area contributed by atoms with Crippen LogP contribution in [0, 0.1) is 11.8 Å². The van der Waals surface area contributed by atoms with Gasteiger partial charge < -0.3 is 11.1 Å². The van der Waals surface area contributed by atoms with Crippen molar-refractivity contribution in [2.75, 3.05) is 6.54 Å². The molecular weight excluding hydrogens is 265 g/mol. The van der Waals surface area contributed by atoms with Crippen LogP contribution < -0.4 is 16.4 Å². The van der Waals surface area contributed by atoms with Crippen molar-refractivity contribution in [2.45, 2.75) is 63.4 Å². The van der Waals surface area contributed by atoms with Gasteiger partial charge in [-0.2, -0.15) is 0 Å². The minimum Gasteiger partial charge on any atom is -0.316 e. The molecule has 1 saturated heterocycles. The van der Waals surface area contributed by atoms with Gasteiger partial charge in [0, 0.05) is 12.1 Å². The zero-order valence-corrected chi connectivity index (χ0v) is 12.9. The monoisotopic (exact) mass is 293 g/mol. The Bertz CT molecular complexity index is 420. The lowest BCUT2D eigenvalue weighted by Crippen LogP contribution is -2.53. The molecule has 0 aromatic carbocycles. The van der Waals surface area contributed by atoms with Crippen LogP contribution in [0.3, 0.4) is 0 Å². The van der Waals surface area contributed by atoms with Crippen LogP contribution in [0.15, 0.2) is 23.8 Å². The second kappa shape index (κ2) is 6.59. The highest BCUT2D eigenvalue weighted by molar-refractivity contribution is 5.25. The van der Waals surface area contributed by atoms with E-state index in [4.69, 9.17) is 5.73 Å². The van der Waals surface area contributed by atoms with Crippen molar-refractivity contribution in [3.8, 4) is 0 Å². The van der Waals surface area contributed by atoms with Gasteiger partial charge in [-0.1, -0.05) is 25.2 Å². The minimum absolute atomic E-state index is 0.114. The molecule has 0 aromatic rings. The second-order valence-electron chi connectivity index (χ2n) is 6.89. The van der Waals surface area contributed by atoms with Crippen molar-refractivity contribution in [1.29, 1.82) is 0 Å². The van der Waals surface area contributed by atoms with Crippen molar-refractivity contribution < 1.29 is 4.39 Å². The van der Waals surface area contributed by atoms with E-state index in [2.05, 4.69) is 22.8 Å². The fourth-order valence-corrected chi connectivity index (χ4v) is 4.03. The minimum atomic E-state index is -0.779. The number of nitrogens with one attached hydrogen (secondary N) is 2. The topological polar surface area (TPSA) is 50.1 Å². The van der Waals surface area contributed by atoms with E-state index in [9.17, 15) is 4.39 Å². The van der Waals surface area contributed by atoms with Crippen LogP contribution in [0.1, 0.15) is 39.0 Å². The third kappa shape index (κ3) is 3.38. The first kappa shape index (κ1) is 15.2. The van der Waals surface area contributed by atoms with E-state index in [-0.39, 0.29) is 12.1 Å². The maximum absolute atomic E-state index is 13.7. The normalized spacial score (nSPS) is 44.4. The van der Waals surface area contributed by atoms with Gasteiger partial charge in [0.15, 0.2) is 0 Å². The summed E-state index contributed by atoms with van der Waals surface area (Å²) < 4.78 is 13.7. The van der Waals surface area contributed by atoms with E-state index in [1.54, 1.807) is 6.08 Å². The van der Waals surface area contributed by atoms with Gasteiger partial charge >= 0.3 is 0 Å². The van der Waals surface area contributed by atoms with Gasteiger partial charge in [0.25, 0.3) is 0 Å². The van der Waals surface area contributed by atoms with E-state index < -0.39 is 6.17 Å². The molecule has 2 aliphatic heterocycles. The zero-order chi connectivity index (χ0) is 14.8. The summed E-state index contributed by atoms with van der Waals surface area (Å²) in [6.07, 6.45) is 11.0. The Labute approximate surface area is 127 Å². The van der Waals surface area contributed by atoms with E-state index in [1.165, 1.54) is 12.0 Å². The Morgan fingerprint density at radius 2 is 2.14 bits per heavy atom. The molecule has 2 heterocycles. The number of piperidine rings is 1. The third-order valence-electron chi connectivity index (χ3n) is 5.23. The summed E-state index contributed by atoms with van der Waals surface area (Å²) in [5, 5.41) is 7.21. The lowest BCUT2D eigenvalue weighted by molar-refractivity contribution is 0.227. The molecule has 118 valence electrons. The molecule has 4 heteroatoms. The molecule has 21 heavy (non-hydrogen) atoms. The molecule has 0 amide bonds. The van der Waals surface area contributed by atoms with Gasteiger partial charge in [-0.05, 0) is 56.1 Å². The molecule has 3 aliphatic rings. The van der Waals surface area contributed by atoms with Crippen LogP contribution in [0.4, 0.5) is 4.39 Å². The molecule has 0 bridgehead atoms. The van der Waals surface area contributed by atoms with Gasteiger partial charge in [-0.3, -0.25) is 5.32 Å². The van der Waals surface area contributed by atoms with Crippen LogP contribution in [0.5, 0.6) is 0 Å². The second-order valence-corrected chi connectivity index (χ2v) is 6.89. The van der Waals surface area contributed by atoms with Crippen LogP contribution in [-0.4, -0.2) is 31.0 Å². The quantitative estimate of drug-likeness (QED) is 0.685. The number of alkyl halides is 1. The summed E-state index contributed by atoms with van der Waals surface area (Å²) in [6, 6.07) is 0.728. The first-order valence-electron chi connectivity index (χ1n) is 8.42. The van der Waals surface area contributed by atoms with E-state index in [1.807, 2.05) is 6.92 Å². The number of allylic oxidation sites excluding steroid dienone is 1. The molecule has 6 unspecified atom stereocenters. The summed E-state index contributed by atoms with van der Waals surface area (Å²) in [4.78, 5) is 0. The predicted octanol–water partition coefficient (Wildman–Crippen LogP) is 2.25. The molecule has 1 aliphatic carbocycles. The number of hydrogen-bond donors (Lipinski definition) is 3. The lowest BCUT2D eigenvalue weighted by atomic mass is 9.76. The molecule has 6 atom stereocenters. The zero-order valence-electron chi connectivity index (χ0n) is 12.9. The fourth-order valence-electron chi connectivity index (χ4n) is 4.03. The highest BCUT2D eigenvalue weighted by atomic mass is 19.1. The van der Waals surface area contributed by atoms with Crippen molar-refractivity contribution in [2.24, 2.45) is 17.6 Å². The number of rotatable bonds is 2. The maximum atomic E-state index is 13.7. The number of hydrogen-bond acceptors (Lipinski definition) is 3. The molecule has 1 fully saturated rings. The third-order valence-corrected chi connectivity index (χ3v) is 5.23. The molecule has 3 nitrogen and oxygen atoms in total. The van der Waals surface area contributed by atoms with Crippen LogP contribution in [0.2, 0.25) is 0 Å². The Kier molecular flexibility index (Phi) is 4.77. The first-order valence-corrected chi connectivity index (χ1v) is 8.42. The maximum Gasteiger partial charge on any atom is 0.121 e. The Morgan fingerprint density at radius 3 is 2.90 bits per heavy atom. The molecule has 0 saturated carbocycles. The molecule has 0 spiro atoms. The van der Waals surface area contributed by atoms with Gasteiger partial charge in [0.05, 0.1) is 6.17 Å². The van der Waals surface area contributed by atoms with E-state index >= 15 is 0 Å². The summed E-state index contributed by atoms with van der Waals surface area (Å²) in [5.41, 5.74) is 7.53. The number of nitrogens with two attached hydrogens (primary N) is 1. The highest BCUT2D eigenvalue weighted by Crippen LogP contribution is 2.33. The Hall–Kier alpha value is -0.710. The molecule has 4 N–H and O–H groups in total. The summed E-state index contributed by atoms with van der Waals surface area (Å²) in [6.45, 7) is 3.03. The standard InChI is InChI=1S/C17H28FN3/c1-11-10-12(7-8-14(11)18)17-13(4-3-9-20-17)15-5-2-6-16(19)21-15/h4,7-8,11-12,14-17,20-21H,2-3,5-6,9-10,19H2,1H3. The Morgan fingerprint density at radius 1 is 1.29 bits per heavy atom. The largest absolute Gasteiger partial charge is 0.316 e. The lowest BCUT2D eigenvalue weighted by Gasteiger charge is -2.40. The van der Waals surface area contributed by atoms with Gasteiger partial charge in [-0.15, -0.1) is 0 Å². The van der Waals surface area contributed by atoms with Crippen LogP contribution in [0.25, 0.3) is 0 Å². The predicted molar refractivity (Wildman–Crippen MR) is 84.5 cm³/mol. The Balaban J connectivity index is 1.75. The van der Waals surface area contributed by atoms with Crippen molar-refractivity contribution in [1.82, 2.24) is 10.6 Å². The SMILES string of the molecule is CC1CC(C2NCCC=C2C2CCCC(N)N2)C=CC1F. The fraction of sp³-hybridized carbons (Fsp3) is 0.765. The smallest absolute Gasteiger partial charge is 0.121 e. The van der Waals surface area contributed by atoms with Crippen molar-refractivity contribution in [3.63, 3.8) is 0 Å². The van der Waals surface area contributed by atoms with Crippen LogP contribution in [-0.2, 0) is 0 Å². The van der Waals surface area contributed by atoms with Crippen molar-refractivity contribution in [3.05, 3.63) is 23.8 Å². The molecule has 0 aromatic heterocycles. The summed E-state index contributed by atoms with van der Waals surface area (Å²) >= 11 is 0. The van der Waals surface area contributed by atoms with E-state index in [0.29, 0.717) is 18.0 Å². The highest BCUT2D eigenvalue weighted by Gasteiger charge is 2.34. The van der Waals surface area contributed by atoms with Gasteiger partial charge in [0.2, 0.25) is 0 Å². The molecular formula is C17H28FN3. The van der Waals surface area contributed by atoms with Gasteiger partial charge in [0.1, 0.15) is 6.17 Å². The molecule has 3 rings (SSSR count).